The summed E-state index contributed by atoms with van der Waals surface area (Å²) < 4.78 is 11.3. The van der Waals surface area contributed by atoms with Crippen LogP contribution >= 0.6 is 15.9 Å². The van der Waals surface area contributed by atoms with Gasteiger partial charge in [0.2, 0.25) is 18.6 Å². The molecule has 2 N–H and O–H groups in total. The summed E-state index contributed by atoms with van der Waals surface area (Å²) >= 11 is 3.41. The van der Waals surface area contributed by atoms with Crippen molar-refractivity contribution in [2.45, 2.75) is 44.6 Å². The van der Waals surface area contributed by atoms with Crippen LogP contribution in [0, 0.1) is 0 Å². The summed E-state index contributed by atoms with van der Waals surface area (Å²) in [5, 5.41) is 6.80. The predicted molar refractivity (Wildman–Crippen MR) is 95.6 cm³/mol. The van der Waals surface area contributed by atoms with Crippen molar-refractivity contribution in [2.75, 3.05) is 6.79 Å². The molecule has 0 spiro atoms. The molecule has 0 bridgehead atoms. The third-order valence-corrected chi connectivity index (χ3v) is 4.86. The summed E-state index contributed by atoms with van der Waals surface area (Å²) in [5.74, 6) is 0.584. The number of nitrogens with one attached hydrogen (secondary N) is 2. The minimum Gasteiger partial charge on any atom is -0.454 e. The van der Waals surface area contributed by atoms with E-state index in [4.69, 9.17) is 9.47 Å². The summed E-state index contributed by atoms with van der Waals surface area (Å²) in [4.78, 5) is 23.7. The van der Waals surface area contributed by atoms with E-state index in [0.717, 1.165) is 35.7 Å². The highest BCUT2D eigenvalue weighted by Gasteiger charge is 2.18. The van der Waals surface area contributed by atoms with Crippen molar-refractivity contribution in [1.29, 1.82) is 0 Å². The number of benzene rings is 1. The van der Waals surface area contributed by atoms with Gasteiger partial charge in [-0.3, -0.25) is 9.59 Å². The number of carbonyl (C=O) groups is 2. The highest BCUT2D eigenvalue weighted by Crippen LogP contribution is 2.36. The number of fused-ring (bicyclic) bond motifs is 1. The largest absolute Gasteiger partial charge is 0.454 e. The van der Waals surface area contributed by atoms with Crippen LogP contribution in [0.25, 0.3) is 0 Å². The molecule has 1 aliphatic carbocycles. The predicted octanol–water partition coefficient (Wildman–Crippen LogP) is 2.47. The number of rotatable bonds is 5. The summed E-state index contributed by atoms with van der Waals surface area (Å²) in [5.41, 5.74) is 3.10. The van der Waals surface area contributed by atoms with Gasteiger partial charge in [0.05, 0.1) is 6.21 Å². The molecule has 1 aliphatic heterocycles. The van der Waals surface area contributed by atoms with Gasteiger partial charge in [0, 0.05) is 16.1 Å². The van der Waals surface area contributed by atoms with Gasteiger partial charge < -0.3 is 14.8 Å². The Labute approximate surface area is 154 Å². The van der Waals surface area contributed by atoms with Crippen LogP contribution < -0.4 is 20.2 Å². The minimum atomic E-state index is -0.443. The molecule has 0 atom stereocenters. The molecule has 0 saturated heterocycles. The summed E-state index contributed by atoms with van der Waals surface area (Å²) in [6.45, 7) is 0.190. The first-order chi connectivity index (χ1) is 12.1. The number of carbonyl (C=O) groups excluding carboxylic acids is 2. The normalized spacial score (nSPS) is 16.8. The van der Waals surface area contributed by atoms with E-state index in [1.165, 1.54) is 12.6 Å². The Bertz CT molecular complexity index is 687. The maximum absolute atomic E-state index is 11.9. The Morgan fingerprint density at radius 2 is 1.88 bits per heavy atom. The number of nitrogens with zero attached hydrogens (tertiary/aromatic N) is 1. The van der Waals surface area contributed by atoms with E-state index in [-0.39, 0.29) is 25.2 Å². The second kappa shape index (κ2) is 8.33. The Morgan fingerprint density at radius 3 is 2.64 bits per heavy atom. The van der Waals surface area contributed by atoms with Crippen LogP contribution in [0.5, 0.6) is 11.5 Å². The average molecular weight is 410 g/mol. The van der Waals surface area contributed by atoms with Crippen molar-refractivity contribution >= 4 is 34.0 Å². The molecule has 2 amide bonds. The Hall–Kier alpha value is -2.09. The van der Waals surface area contributed by atoms with Crippen molar-refractivity contribution in [2.24, 2.45) is 5.10 Å². The van der Waals surface area contributed by atoms with Gasteiger partial charge in [0.25, 0.3) is 0 Å². The second-order valence-corrected chi connectivity index (χ2v) is 6.95. The van der Waals surface area contributed by atoms with E-state index in [9.17, 15) is 9.59 Å². The zero-order chi connectivity index (χ0) is 17.6. The lowest BCUT2D eigenvalue weighted by atomic mass is 9.95. The van der Waals surface area contributed by atoms with Crippen LogP contribution in [0.15, 0.2) is 21.7 Å². The number of hydrogen-bond donors (Lipinski definition) is 2. The Kier molecular flexibility index (Phi) is 5.91. The van der Waals surface area contributed by atoms with Crippen LogP contribution in [0.4, 0.5) is 0 Å². The highest BCUT2D eigenvalue weighted by atomic mass is 79.9. The van der Waals surface area contributed by atoms with E-state index in [1.54, 1.807) is 12.1 Å². The average Bonchev–Trinajstić information content (AvgIpc) is 3.02. The van der Waals surface area contributed by atoms with Gasteiger partial charge in [-0.1, -0.05) is 19.3 Å². The number of hydrogen-bond acceptors (Lipinski definition) is 5. The molecule has 2 aliphatic rings. The molecule has 0 radical (unpaired) electrons. The van der Waals surface area contributed by atoms with Gasteiger partial charge >= 0.3 is 0 Å². The first-order valence-electron chi connectivity index (χ1n) is 8.32. The van der Waals surface area contributed by atoms with E-state index in [0.29, 0.717) is 11.5 Å². The molecule has 7 nitrogen and oxygen atoms in total. The highest BCUT2D eigenvalue weighted by molar-refractivity contribution is 9.10. The Morgan fingerprint density at radius 1 is 1.16 bits per heavy atom. The molecular weight excluding hydrogens is 390 g/mol. The molecule has 1 saturated carbocycles. The fourth-order valence-electron chi connectivity index (χ4n) is 2.92. The maximum Gasteiger partial charge on any atom is 0.249 e. The number of halogens is 1. The van der Waals surface area contributed by atoms with Crippen molar-refractivity contribution in [1.82, 2.24) is 10.7 Å². The minimum absolute atomic E-state index is 0.190. The van der Waals surface area contributed by atoms with Crippen LogP contribution in [0.1, 0.15) is 44.1 Å². The zero-order valence-corrected chi connectivity index (χ0v) is 15.3. The third kappa shape index (κ3) is 4.94. The molecule has 8 heteroatoms. The summed E-state index contributed by atoms with van der Waals surface area (Å²) in [6.07, 6.45) is 6.72. The quantitative estimate of drug-likeness (QED) is 0.444. The fourth-order valence-corrected chi connectivity index (χ4v) is 3.34. The van der Waals surface area contributed by atoms with Crippen molar-refractivity contribution in [3.8, 4) is 11.5 Å². The second-order valence-electron chi connectivity index (χ2n) is 6.10. The molecule has 0 unspecified atom stereocenters. The molecule has 134 valence electrons. The summed E-state index contributed by atoms with van der Waals surface area (Å²) in [7, 11) is 0. The van der Waals surface area contributed by atoms with Crippen molar-refractivity contribution in [3.63, 3.8) is 0 Å². The molecule has 1 aromatic carbocycles. The van der Waals surface area contributed by atoms with Crippen LogP contribution in [0.3, 0.4) is 0 Å². The van der Waals surface area contributed by atoms with Crippen LogP contribution in [0.2, 0.25) is 0 Å². The van der Waals surface area contributed by atoms with E-state index in [2.05, 4.69) is 31.8 Å². The van der Waals surface area contributed by atoms with Gasteiger partial charge in [-0.2, -0.15) is 5.10 Å². The topological polar surface area (TPSA) is 89.0 Å². The first kappa shape index (κ1) is 17.7. The van der Waals surface area contributed by atoms with Crippen molar-refractivity contribution < 1.29 is 19.1 Å². The van der Waals surface area contributed by atoms with Crippen molar-refractivity contribution in [3.05, 3.63) is 22.2 Å². The van der Waals surface area contributed by atoms with E-state index in [1.807, 2.05) is 0 Å². The lowest BCUT2D eigenvalue weighted by Gasteiger charge is -2.22. The smallest absolute Gasteiger partial charge is 0.249 e. The van der Waals surface area contributed by atoms with Gasteiger partial charge in [0.15, 0.2) is 11.5 Å². The van der Waals surface area contributed by atoms with Gasteiger partial charge in [-0.05, 0) is 40.9 Å². The van der Waals surface area contributed by atoms with Gasteiger partial charge in [-0.15, -0.1) is 0 Å². The van der Waals surface area contributed by atoms with Crippen LogP contribution in [-0.4, -0.2) is 30.9 Å². The SMILES string of the molecule is O=C(CC(=O)NC1CCCCC1)N/N=C/c1cc2c(cc1Br)OCO2. The first-order valence-corrected chi connectivity index (χ1v) is 9.11. The molecule has 3 rings (SSSR count). The van der Waals surface area contributed by atoms with Gasteiger partial charge in [0.1, 0.15) is 6.42 Å². The maximum atomic E-state index is 11.9. The number of ether oxygens (including phenoxy) is 2. The lowest BCUT2D eigenvalue weighted by molar-refractivity contribution is -0.129. The Balaban J connectivity index is 1.47. The molecule has 1 heterocycles. The number of hydrazone groups is 1. The standard InChI is InChI=1S/C17H20BrN3O4/c18-13-7-15-14(24-10-25-15)6-11(13)9-19-21-17(23)8-16(22)20-12-4-2-1-3-5-12/h6-7,9,12H,1-5,8,10H2,(H,20,22)(H,21,23)/b19-9+. The fraction of sp³-hybridized carbons (Fsp3) is 0.471. The summed E-state index contributed by atoms with van der Waals surface area (Å²) in [6, 6.07) is 3.74. The zero-order valence-electron chi connectivity index (χ0n) is 13.7. The van der Waals surface area contributed by atoms with Gasteiger partial charge in [-0.25, -0.2) is 5.43 Å². The van der Waals surface area contributed by atoms with Crippen LogP contribution in [-0.2, 0) is 9.59 Å². The third-order valence-electron chi connectivity index (χ3n) is 4.18. The molecule has 25 heavy (non-hydrogen) atoms. The monoisotopic (exact) mass is 409 g/mol. The molecule has 1 aromatic rings. The molecule has 0 aromatic heterocycles. The van der Waals surface area contributed by atoms with E-state index >= 15 is 0 Å². The van der Waals surface area contributed by atoms with E-state index < -0.39 is 5.91 Å². The lowest BCUT2D eigenvalue weighted by Crippen LogP contribution is -2.38. The number of amides is 2. The molecular formula is C17H20BrN3O4. The molecule has 1 fully saturated rings.